The molecule has 0 aliphatic rings. The van der Waals surface area contributed by atoms with Crippen LogP contribution < -0.4 is 11.5 Å². The first-order valence-electron chi connectivity index (χ1n) is 6.72. The normalized spacial score (nSPS) is 10.7. The summed E-state index contributed by atoms with van der Waals surface area (Å²) in [6.45, 7) is 1.91. The van der Waals surface area contributed by atoms with E-state index in [4.69, 9.17) is 11.5 Å². The third-order valence-corrected chi connectivity index (χ3v) is 3.34. The molecule has 2 aromatic rings. The molecule has 0 bridgehead atoms. The van der Waals surface area contributed by atoms with Crippen LogP contribution in [0.5, 0.6) is 5.75 Å². The summed E-state index contributed by atoms with van der Waals surface area (Å²) in [5.41, 5.74) is 14.5. The summed E-state index contributed by atoms with van der Waals surface area (Å²) in [5, 5.41) is 9.22. The van der Waals surface area contributed by atoms with Gasteiger partial charge in [-0.15, -0.1) is 0 Å². The molecule has 2 rings (SSSR count). The number of benzene rings is 1. The molecule has 0 saturated carbocycles. The van der Waals surface area contributed by atoms with Gasteiger partial charge in [0, 0.05) is 11.3 Å². The Morgan fingerprint density at radius 2 is 1.65 bits per heavy atom. The van der Waals surface area contributed by atoms with E-state index in [-0.39, 0.29) is 5.95 Å². The van der Waals surface area contributed by atoms with Gasteiger partial charge in [-0.25, -0.2) is 4.98 Å². The van der Waals surface area contributed by atoms with Gasteiger partial charge in [-0.3, -0.25) is 0 Å². The Hall–Kier alpha value is -2.30. The van der Waals surface area contributed by atoms with E-state index in [2.05, 4.69) is 9.97 Å². The van der Waals surface area contributed by atoms with Gasteiger partial charge in [0.25, 0.3) is 0 Å². The molecule has 5 heteroatoms. The molecule has 0 amide bonds. The van der Waals surface area contributed by atoms with Crippen LogP contribution in [0, 0.1) is 6.92 Å². The minimum Gasteiger partial charge on any atom is -0.508 e. The summed E-state index contributed by atoms with van der Waals surface area (Å²) in [4.78, 5) is 8.14. The van der Waals surface area contributed by atoms with E-state index in [1.165, 1.54) is 5.56 Å². The zero-order valence-electron chi connectivity index (χ0n) is 11.6. The topological polar surface area (TPSA) is 98.0 Å². The molecule has 0 radical (unpaired) electrons. The highest BCUT2D eigenvalue weighted by Crippen LogP contribution is 2.18. The number of anilines is 2. The van der Waals surface area contributed by atoms with Gasteiger partial charge in [-0.05, 0) is 50.3 Å². The number of nitrogens with two attached hydrogens (primary N) is 2. The zero-order valence-corrected chi connectivity index (χ0v) is 11.6. The van der Waals surface area contributed by atoms with Crippen molar-refractivity contribution in [1.82, 2.24) is 9.97 Å². The fourth-order valence-corrected chi connectivity index (χ4v) is 2.24. The highest BCUT2D eigenvalue weighted by molar-refractivity contribution is 5.45. The van der Waals surface area contributed by atoms with E-state index in [0.717, 1.165) is 36.9 Å². The second-order valence-corrected chi connectivity index (χ2v) is 4.90. The number of phenols is 1. The molecule has 0 fully saturated rings. The smallest absolute Gasteiger partial charge is 0.222 e. The maximum Gasteiger partial charge on any atom is 0.222 e. The molecule has 20 heavy (non-hydrogen) atoms. The Bertz CT molecular complexity index is 558. The average Bonchev–Trinajstić information content (AvgIpc) is 2.39. The first-order valence-corrected chi connectivity index (χ1v) is 6.72. The van der Waals surface area contributed by atoms with Crippen molar-refractivity contribution in [3.8, 4) is 5.75 Å². The van der Waals surface area contributed by atoms with Gasteiger partial charge in [0.15, 0.2) is 0 Å². The fourth-order valence-electron chi connectivity index (χ4n) is 2.24. The Labute approximate surface area is 118 Å². The van der Waals surface area contributed by atoms with Crippen LogP contribution in [0.15, 0.2) is 24.3 Å². The standard InChI is InChI=1S/C15H20N4O/c1-10-13(14(16)19-15(17)18-10)5-3-2-4-11-6-8-12(20)9-7-11/h6-9,20H,2-5H2,1H3,(H4,16,17,18,19). The molecular weight excluding hydrogens is 252 g/mol. The van der Waals surface area contributed by atoms with Crippen molar-refractivity contribution in [3.05, 3.63) is 41.1 Å². The summed E-state index contributed by atoms with van der Waals surface area (Å²) < 4.78 is 0. The Morgan fingerprint density at radius 1 is 1.00 bits per heavy atom. The van der Waals surface area contributed by atoms with Crippen molar-refractivity contribution in [1.29, 1.82) is 0 Å². The van der Waals surface area contributed by atoms with Crippen LogP contribution >= 0.6 is 0 Å². The van der Waals surface area contributed by atoms with Gasteiger partial charge in [0.2, 0.25) is 5.95 Å². The van der Waals surface area contributed by atoms with E-state index in [0.29, 0.717) is 11.6 Å². The molecule has 0 aliphatic carbocycles. The maximum atomic E-state index is 9.22. The number of nitrogen functional groups attached to an aromatic ring is 2. The van der Waals surface area contributed by atoms with Gasteiger partial charge in [0.1, 0.15) is 11.6 Å². The maximum absolute atomic E-state index is 9.22. The van der Waals surface area contributed by atoms with E-state index < -0.39 is 0 Å². The summed E-state index contributed by atoms with van der Waals surface area (Å²) in [5.74, 6) is 1.02. The predicted molar refractivity (Wildman–Crippen MR) is 80.3 cm³/mol. The van der Waals surface area contributed by atoms with Crippen LogP contribution in [0.4, 0.5) is 11.8 Å². The lowest BCUT2D eigenvalue weighted by molar-refractivity contribution is 0.475. The molecule has 0 aliphatic heterocycles. The number of unbranched alkanes of at least 4 members (excludes halogenated alkanes) is 1. The van der Waals surface area contributed by atoms with E-state index >= 15 is 0 Å². The predicted octanol–water partition coefficient (Wildman–Crippen LogP) is 2.22. The highest BCUT2D eigenvalue weighted by Gasteiger charge is 2.07. The quantitative estimate of drug-likeness (QED) is 0.725. The van der Waals surface area contributed by atoms with Gasteiger partial charge < -0.3 is 16.6 Å². The molecule has 5 N–H and O–H groups in total. The lowest BCUT2D eigenvalue weighted by Gasteiger charge is -2.08. The van der Waals surface area contributed by atoms with Crippen LogP contribution in [0.2, 0.25) is 0 Å². The van der Waals surface area contributed by atoms with Crippen molar-refractivity contribution in [2.75, 3.05) is 11.5 Å². The second-order valence-electron chi connectivity index (χ2n) is 4.90. The Balaban J connectivity index is 1.86. The Kier molecular flexibility index (Phi) is 4.40. The lowest BCUT2D eigenvalue weighted by Crippen LogP contribution is -2.07. The first-order chi connectivity index (χ1) is 9.56. The molecule has 0 atom stereocenters. The second kappa shape index (κ2) is 6.23. The molecule has 5 nitrogen and oxygen atoms in total. The molecule has 1 aromatic heterocycles. The van der Waals surface area contributed by atoms with Gasteiger partial charge in [-0.2, -0.15) is 4.98 Å². The van der Waals surface area contributed by atoms with E-state index in [1.807, 2.05) is 19.1 Å². The number of rotatable bonds is 5. The number of aryl methyl sites for hydroxylation is 2. The van der Waals surface area contributed by atoms with Crippen LogP contribution in [-0.2, 0) is 12.8 Å². The average molecular weight is 272 g/mol. The van der Waals surface area contributed by atoms with Crippen molar-refractivity contribution in [2.45, 2.75) is 32.6 Å². The summed E-state index contributed by atoms with van der Waals surface area (Å²) in [6.07, 6.45) is 3.90. The molecule has 0 unspecified atom stereocenters. The van der Waals surface area contributed by atoms with Crippen LogP contribution in [0.3, 0.4) is 0 Å². The summed E-state index contributed by atoms with van der Waals surface area (Å²) >= 11 is 0. The molecule has 0 spiro atoms. The number of hydrogen-bond donors (Lipinski definition) is 3. The molecule has 1 aromatic carbocycles. The first kappa shape index (κ1) is 14.1. The molecule has 106 valence electrons. The Morgan fingerprint density at radius 3 is 2.30 bits per heavy atom. The van der Waals surface area contributed by atoms with Crippen LogP contribution in [0.1, 0.15) is 29.7 Å². The van der Waals surface area contributed by atoms with Gasteiger partial charge in [0.05, 0.1) is 0 Å². The minimum absolute atomic E-state index is 0.229. The number of nitrogens with zero attached hydrogens (tertiary/aromatic N) is 2. The highest BCUT2D eigenvalue weighted by atomic mass is 16.3. The number of phenolic OH excluding ortho intramolecular Hbond substituents is 1. The molecule has 1 heterocycles. The minimum atomic E-state index is 0.229. The molecular formula is C15H20N4O. The van der Waals surface area contributed by atoms with Gasteiger partial charge in [-0.1, -0.05) is 12.1 Å². The monoisotopic (exact) mass is 272 g/mol. The van der Waals surface area contributed by atoms with E-state index in [1.54, 1.807) is 12.1 Å². The summed E-state index contributed by atoms with van der Waals surface area (Å²) in [7, 11) is 0. The lowest BCUT2D eigenvalue weighted by atomic mass is 10.0. The van der Waals surface area contributed by atoms with Gasteiger partial charge >= 0.3 is 0 Å². The zero-order chi connectivity index (χ0) is 14.5. The number of aromatic hydroxyl groups is 1. The van der Waals surface area contributed by atoms with Crippen molar-refractivity contribution in [3.63, 3.8) is 0 Å². The third kappa shape index (κ3) is 3.60. The number of hydrogen-bond acceptors (Lipinski definition) is 5. The van der Waals surface area contributed by atoms with Crippen LogP contribution in [-0.4, -0.2) is 15.1 Å². The summed E-state index contributed by atoms with van der Waals surface area (Å²) in [6, 6.07) is 7.32. The third-order valence-electron chi connectivity index (χ3n) is 3.34. The molecule has 0 saturated heterocycles. The van der Waals surface area contributed by atoms with Crippen molar-refractivity contribution in [2.24, 2.45) is 0 Å². The van der Waals surface area contributed by atoms with Crippen LogP contribution in [0.25, 0.3) is 0 Å². The van der Waals surface area contributed by atoms with Crippen molar-refractivity contribution < 1.29 is 5.11 Å². The van der Waals surface area contributed by atoms with Crippen molar-refractivity contribution >= 4 is 11.8 Å². The van der Waals surface area contributed by atoms with E-state index in [9.17, 15) is 5.11 Å². The number of aromatic nitrogens is 2. The SMILES string of the molecule is Cc1nc(N)nc(N)c1CCCCc1ccc(O)cc1. The largest absolute Gasteiger partial charge is 0.508 e. The fraction of sp³-hybridized carbons (Fsp3) is 0.333.